The molecule has 1 heterocycles. The highest BCUT2D eigenvalue weighted by molar-refractivity contribution is 5.86. The fraction of sp³-hybridized carbons (Fsp3) is 0.286. The van der Waals surface area contributed by atoms with Gasteiger partial charge < -0.3 is 25.0 Å². The molecule has 10 heteroatoms. The monoisotopic (exact) mass is 450 g/mol. The van der Waals surface area contributed by atoms with Crippen LogP contribution in [0.1, 0.15) is 11.1 Å². The Morgan fingerprint density at radius 2 is 1.58 bits per heavy atom. The van der Waals surface area contributed by atoms with Gasteiger partial charge in [0.25, 0.3) is 0 Å². The van der Waals surface area contributed by atoms with Gasteiger partial charge in [-0.15, -0.1) is 12.4 Å². The Morgan fingerprint density at radius 3 is 2.26 bits per heavy atom. The molecule has 4 N–H and O–H groups in total. The summed E-state index contributed by atoms with van der Waals surface area (Å²) in [6.07, 6.45) is 0.306. The highest BCUT2D eigenvalue weighted by Gasteiger charge is 2.27. The fourth-order valence-corrected chi connectivity index (χ4v) is 3.13. The SMILES string of the molecule is Cl.O=C(O)CNC(=O)C(Cc1ccc2c(c1)OCO2)NC(Cc1ccccc1)C(=O)O. The second kappa shape index (κ2) is 11.2. The molecule has 0 saturated carbocycles. The summed E-state index contributed by atoms with van der Waals surface area (Å²) >= 11 is 0. The van der Waals surface area contributed by atoms with Gasteiger partial charge in [-0.3, -0.25) is 19.7 Å². The van der Waals surface area contributed by atoms with Crippen molar-refractivity contribution in [3.63, 3.8) is 0 Å². The van der Waals surface area contributed by atoms with E-state index in [2.05, 4.69) is 10.6 Å². The molecule has 2 aromatic rings. The number of amides is 1. The van der Waals surface area contributed by atoms with Crippen LogP contribution in [-0.4, -0.2) is 53.5 Å². The molecule has 0 spiro atoms. The van der Waals surface area contributed by atoms with Crippen LogP contribution >= 0.6 is 12.4 Å². The third-order valence-electron chi connectivity index (χ3n) is 4.59. The van der Waals surface area contributed by atoms with Crippen molar-refractivity contribution in [2.24, 2.45) is 0 Å². The van der Waals surface area contributed by atoms with Crippen molar-refractivity contribution in [3.8, 4) is 11.5 Å². The minimum atomic E-state index is -1.19. The summed E-state index contributed by atoms with van der Waals surface area (Å²) in [6, 6.07) is 12.2. The van der Waals surface area contributed by atoms with E-state index >= 15 is 0 Å². The lowest BCUT2D eigenvalue weighted by Gasteiger charge is -2.23. The van der Waals surface area contributed by atoms with E-state index < -0.39 is 36.5 Å². The predicted octanol–water partition coefficient (Wildman–Crippen LogP) is 1.23. The highest BCUT2D eigenvalue weighted by Crippen LogP contribution is 2.32. The third kappa shape index (κ3) is 6.87. The summed E-state index contributed by atoms with van der Waals surface area (Å²) in [6.45, 7) is -0.452. The number of nitrogens with one attached hydrogen (secondary N) is 2. The van der Waals surface area contributed by atoms with Gasteiger partial charge in [0.1, 0.15) is 12.6 Å². The van der Waals surface area contributed by atoms with E-state index in [1.165, 1.54) is 0 Å². The number of rotatable bonds is 10. The first-order chi connectivity index (χ1) is 14.4. The van der Waals surface area contributed by atoms with Gasteiger partial charge in [0.05, 0.1) is 6.04 Å². The maximum atomic E-state index is 12.6. The molecule has 31 heavy (non-hydrogen) atoms. The van der Waals surface area contributed by atoms with Crippen LogP contribution in [0.5, 0.6) is 11.5 Å². The number of ether oxygens (including phenoxy) is 2. The van der Waals surface area contributed by atoms with Gasteiger partial charge >= 0.3 is 11.9 Å². The predicted molar refractivity (Wildman–Crippen MR) is 113 cm³/mol. The fourth-order valence-electron chi connectivity index (χ4n) is 3.13. The normalized spacial score (nSPS) is 13.5. The van der Waals surface area contributed by atoms with Crippen LogP contribution in [-0.2, 0) is 27.2 Å². The zero-order valence-corrected chi connectivity index (χ0v) is 17.3. The van der Waals surface area contributed by atoms with Gasteiger partial charge in [0.2, 0.25) is 12.7 Å². The quantitative estimate of drug-likeness (QED) is 0.424. The van der Waals surface area contributed by atoms with Crippen LogP contribution in [0.25, 0.3) is 0 Å². The van der Waals surface area contributed by atoms with Gasteiger partial charge in [-0.25, -0.2) is 0 Å². The second-order valence-electron chi connectivity index (χ2n) is 6.80. The van der Waals surface area contributed by atoms with E-state index in [0.717, 1.165) is 5.56 Å². The van der Waals surface area contributed by atoms with E-state index in [4.69, 9.17) is 14.6 Å². The van der Waals surface area contributed by atoms with Crippen molar-refractivity contribution in [1.29, 1.82) is 0 Å². The number of hydrogen-bond acceptors (Lipinski definition) is 6. The molecule has 0 saturated heterocycles. The standard InChI is InChI=1S/C21H22N2O7.ClH/c24-19(25)11-22-20(26)15(9-14-6-7-17-18(10-14)30-12-29-17)23-16(21(27)28)8-13-4-2-1-3-5-13;/h1-7,10,15-16,23H,8-9,11-12H2,(H,22,26)(H,24,25)(H,27,28);1H. The van der Waals surface area contributed by atoms with Crippen molar-refractivity contribution in [1.82, 2.24) is 10.6 Å². The number of fused-ring (bicyclic) bond motifs is 1. The average Bonchev–Trinajstić information content (AvgIpc) is 3.19. The number of aliphatic carboxylic acids is 2. The number of carboxylic acid groups (broad SMARTS) is 2. The molecule has 2 aromatic carbocycles. The number of carbonyl (C=O) groups excluding carboxylic acids is 1. The van der Waals surface area contributed by atoms with E-state index in [0.29, 0.717) is 17.1 Å². The summed E-state index contributed by atoms with van der Waals surface area (Å²) in [5.41, 5.74) is 1.51. The Kier molecular flexibility index (Phi) is 8.65. The van der Waals surface area contributed by atoms with Crippen molar-refractivity contribution in [2.45, 2.75) is 24.9 Å². The lowest BCUT2D eigenvalue weighted by Crippen LogP contribution is -2.53. The Morgan fingerprint density at radius 1 is 0.903 bits per heavy atom. The average molecular weight is 451 g/mol. The molecule has 3 rings (SSSR count). The first-order valence-corrected chi connectivity index (χ1v) is 9.33. The first kappa shape index (κ1) is 24.0. The minimum absolute atomic E-state index is 0. The van der Waals surface area contributed by atoms with Crippen molar-refractivity contribution >= 4 is 30.3 Å². The molecular weight excluding hydrogens is 428 g/mol. The van der Waals surface area contributed by atoms with Crippen molar-refractivity contribution < 1.29 is 34.1 Å². The molecule has 1 amide bonds. The summed E-state index contributed by atoms with van der Waals surface area (Å²) in [5, 5.41) is 23.7. The molecule has 1 aliphatic heterocycles. The molecule has 0 aromatic heterocycles. The highest BCUT2D eigenvalue weighted by atomic mass is 35.5. The number of halogens is 1. The summed E-state index contributed by atoms with van der Waals surface area (Å²) in [4.78, 5) is 35.2. The second-order valence-corrected chi connectivity index (χ2v) is 6.80. The molecule has 0 aliphatic carbocycles. The number of benzene rings is 2. The molecule has 0 bridgehead atoms. The molecule has 166 valence electrons. The van der Waals surface area contributed by atoms with Crippen LogP contribution in [0.3, 0.4) is 0 Å². The summed E-state index contributed by atoms with van der Waals surface area (Å²) in [5.74, 6) is -1.78. The molecule has 0 radical (unpaired) electrons. The molecule has 1 aliphatic rings. The van der Waals surface area contributed by atoms with Gasteiger partial charge in [-0.1, -0.05) is 36.4 Å². The van der Waals surface area contributed by atoms with Crippen LogP contribution in [0.4, 0.5) is 0 Å². The topological polar surface area (TPSA) is 134 Å². The Balaban J connectivity index is 0.00000341. The maximum Gasteiger partial charge on any atom is 0.322 e. The number of carbonyl (C=O) groups is 3. The van der Waals surface area contributed by atoms with Crippen LogP contribution in [0, 0.1) is 0 Å². The summed E-state index contributed by atoms with van der Waals surface area (Å²) in [7, 11) is 0. The van der Waals surface area contributed by atoms with Gasteiger partial charge in [-0.2, -0.15) is 0 Å². The third-order valence-corrected chi connectivity index (χ3v) is 4.59. The van der Waals surface area contributed by atoms with Gasteiger partial charge in [0, 0.05) is 0 Å². The van der Waals surface area contributed by atoms with Crippen LogP contribution in [0.15, 0.2) is 48.5 Å². The zero-order valence-electron chi connectivity index (χ0n) is 16.4. The van der Waals surface area contributed by atoms with E-state index in [-0.39, 0.29) is 32.0 Å². The number of hydrogen-bond donors (Lipinski definition) is 4. The summed E-state index contributed by atoms with van der Waals surface area (Å²) < 4.78 is 10.6. The van der Waals surface area contributed by atoms with Crippen molar-refractivity contribution in [3.05, 3.63) is 59.7 Å². The van der Waals surface area contributed by atoms with E-state index in [9.17, 15) is 19.5 Å². The minimum Gasteiger partial charge on any atom is -0.480 e. The van der Waals surface area contributed by atoms with Crippen molar-refractivity contribution in [2.75, 3.05) is 13.3 Å². The lowest BCUT2D eigenvalue weighted by atomic mass is 10.0. The zero-order chi connectivity index (χ0) is 21.5. The van der Waals surface area contributed by atoms with E-state index in [1.807, 2.05) is 6.07 Å². The van der Waals surface area contributed by atoms with Gasteiger partial charge in [-0.05, 0) is 36.1 Å². The largest absolute Gasteiger partial charge is 0.480 e. The molecule has 2 atom stereocenters. The molecular formula is C21H23ClN2O7. The molecule has 9 nitrogen and oxygen atoms in total. The Bertz CT molecular complexity index is 923. The van der Waals surface area contributed by atoms with Crippen LogP contribution < -0.4 is 20.1 Å². The van der Waals surface area contributed by atoms with E-state index in [1.54, 1.807) is 42.5 Å². The smallest absolute Gasteiger partial charge is 0.322 e. The number of carboxylic acids is 2. The molecule has 0 fully saturated rings. The maximum absolute atomic E-state index is 12.6. The molecule has 2 unspecified atom stereocenters. The van der Waals surface area contributed by atoms with Gasteiger partial charge in [0.15, 0.2) is 11.5 Å². The lowest BCUT2D eigenvalue weighted by molar-refractivity contribution is -0.141. The Hall–Kier alpha value is -3.30. The Labute approximate surface area is 184 Å². The first-order valence-electron chi connectivity index (χ1n) is 9.33. The van der Waals surface area contributed by atoms with Crippen LogP contribution in [0.2, 0.25) is 0 Å².